The summed E-state index contributed by atoms with van der Waals surface area (Å²) in [6.07, 6.45) is 7.07. The van der Waals surface area contributed by atoms with E-state index in [1.165, 1.54) is 0 Å². The fourth-order valence-electron chi connectivity index (χ4n) is 1.64. The lowest BCUT2D eigenvalue weighted by atomic mass is 10.2. The minimum absolute atomic E-state index is 0.392. The highest BCUT2D eigenvalue weighted by molar-refractivity contribution is 5.28. The van der Waals surface area contributed by atoms with Crippen molar-refractivity contribution in [2.24, 2.45) is 5.84 Å². The van der Waals surface area contributed by atoms with E-state index in [4.69, 9.17) is 5.84 Å². The summed E-state index contributed by atoms with van der Waals surface area (Å²) < 4.78 is 2.07. The molecule has 0 spiro atoms. The monoisotopic (exact) mass is 232 g/mol. The number of imidazole rings is 1. The van der Waals surface area contributed by atoms with E-state index in [0.29, 0.717) is 18.3 Å². The zero-order chi connectivity index (χ0) is 12.3. The first-order chi connectivity index (χ1) is 8.20. The van der Waals surface area contributed by atoms with Crippen LogP contribution >= 0.6 is 0 Å². The van der Waals surface area contributed by atoms with E-state index >= 15 is 0 Å². The first kappa shape index (κ1) is 11.5. The van der Waals surface area contributed by atoms with E-state index in [1.807, 2.05) is 6.20 Å². The average molecular weight is 232 g/mol. The Labute approximate surface area is 99.9 Å². The summed E-state index contributed by atoms with van der Waals surface area (Å²) in [7, 11) is 0. The summed E-state index contributed by atoms with van der Waals surface area (Å²) in [5.74, 6) is 7.23. The van der Waals surface area contributed by atoms with Gasteiger partial charge in [0, 0.05) is 18.3 Å². The molecule has 3 N–H and O–H groups in total. The van der Waals surface area contributed by atoms with Crippen molar-refractivity contribution in [3.63, 3.8) is 0 Å². The molecule has 0 fully saturated rings. The van der Waals surface area contributed by atoms with E-state index in [-0.39, 0.29) is 0 Å². The third-order valence-corrected chi connectivity index (χ3v) is 2.45. The Morgan fingerprint density at radius 3 is 2.71 bits per heavy atom. The van der Waals surface area contributed by atoms with Crippen molar-refractivity contribution in [2.75, 3.05) is 5.43 Å². The standard InChI is InChI=1S/C11H16N6/c1-8(2)11-13-3-4-17(11)7-9-5-15-10(16-12)6-14-9/h3-6,8H,7,12H2,1-2H3,(H,15,16). The molecular weight excluding hydrogens is 216 g/mol. The Morgan fingerprint density at radius 2 is 2.12 bits per heavy atom. The third kappa shape index (κ3) is 2.59. The largest absolute Gasteiger partial charge is 0.329 e. The first-order valence-corrected chi connectivity index (χ1v) is 5.49. The number of aromatic nitrogens is 4. The molecule has 6 nitrogen and oxygen atoms in total. The van der Waals surface area contributed by atoms with Gasteiger partial charge in [0.2, 0.25) is 0 Å². The quantitative estimate of drug-likeness (QED) is 0.610. The number of rotatable bonds is 4. The zero-order valence-corrected chi connectivity index (χ0v) is 9.96. The molecule has 0 radical (unpaired) electrons. The van der Waals surface area contributed by atoms with Crippen molar-refractivity contribution >= 4 is 5.82 Å². The van der Waals surface area contributed by atoms with Crippen molar-refractivity contribution in [2.45, 2.75) is 26.3 Å². The maximum atomic E-state index is 5.23. The number of nitrogens with zero attached hydrogens (tertiary/aromatic N) is 4. The van der Waals surface area contributed by atoms with E-state index in [1.54, 1.807) is 18.6 Å². The van der Waals surface area contributed by atoms with Crippen molar-refractivity contribution < 1.29 is 0 Å². The van der Waals surface area contributed by atoms with Crippen LogP contribution in [0.2, 0.25) is 0 Å². The molecule has 90 valence electrons. The molecule has 17 heavy (non-hydrogen) atoms. The first-order valence-electron chi connectivity index (χ1n) is 5.49. The lowest BCUT2D eigenvalue weighted by molar-refractivity contribution is 0.659. The fraction of sp³-hybridized carbons (Fsp3) is 0.364. The molecule has 2 heterocycles. The van der Waals surface area contributed by atoms with Gasteiger partial charge in [-0.25, -0.2) is 15.8 Å². The highest BCUT2D eigenvalue weighted by atomic mass is 15.3. The van der Waals surface area contributed by atoms with Crippen molar-refractivity contribution in [3.05, 3.63) is 36.3 Å². The van der Waals surface area contributed by atoms with Crippen LogP contribution in [0, 0.1) is 0 Å². The van der Waals surface area contributed by atoms with Crippen LogP contribution in [0.25, 0.3) is 0 Å². The average Bonchev–Trinajstić information content (AvgIpc) is 2.78. The summed E-state index contributed by atoms with van der Waals surface area (Å²) in [6.45, 7) is 4.91. The van der Waals surface area contributed by atoms with Gasteiger partial charge in [-0.2, -0.15) is 0 Å². The fourth-order valence-corrected chi connectivity index (χ4v) is 1.64. The molecular formula is C11H16N6. The molecule has 2 rings (SSSR count). The summed E-state index contributed by atoms with van der Waals surface area (Å²) >= 11 is 0. The van der Waals surface area contributed by atoms with Crippen LogP contribution in [-0.4, -0.2) is 19.5 Å². The van der Waals surface area contributed by atoms with Crippen LogP contribution in [-0.2, 0) is 6.54 Å². The number of hydrazine groups is 1. The minimum Gasteiger partial charge on any atom is -0.329 e. The van der Waals surface area contributed by atoms with Crippen LogP contribution < -0.4 is 11.3 Å². The van der Waals surface area contributed by atoms with Crippen LogP contribution in [0.5, 0.6) is 0 Å². The number of nitrogens with one attached hydrogen (secondary N) is 1. The highest BCUT2D eigenvalue weighted by Crippen LogP contribution is 2.13. The SMILES string of the molecule is CC(C)c1nccn1Cc1cnc(NN)cn1. The maximum Gasteiger partial charge on any atom is 0.158 e. The van der Waals surface area contributed by atoms with E-state index < -0.39 is 0 Å². The second kappa shape index (κ2) is 4.92. The van der Waals surface area contributed by atoms with Gasteiger partial charge in [-0.15, -0.1) is 0 Å². The predicted octanol–water partition coefficient (Wildman–Crippen LogP) is 1.13. The Hall–Kier alpha value is -1.95. The van der Waals surface area contributed by atoms with Gasteiger partial charge >= 0.3 is 0 Å². The van der Waals surface area contributed by atoms with Crippen LogP contribution in [0.4, 0.5) is 5.82 Å². The summed E-state index contributed by atoms with van der Waals surface area (Å²) in [5, 5.41) is 0. The number of nitrogens with two attached hydrogens (primary N) is 1. The van der Waals surface area contributed by atoms with Gasteiger partial charge in [-0.1, -0.05) is 13.8 Å². The molecule has 0 atom stereocenters. The molecule has 0 unspecified atom stereocenters. The number of hydrogen-bond acceptors (Lipinski definition) is 5. The van der Waals surface area contributed by atoms with Crippen LogP contribution in [0.1, 0.15) is 31.3 Å². The molecule has 0 aliphatic carbocycles. The normalized spacial score (nSPS) is 10.8. The Morgan fingerprint density at radius 1 is 1.29 bits per heavy atom. The number of nitrogen functional groups attached to an aromatic ring is 1. The molecule has 6 heteroatoms. The summed E-state index contributed by atoms with van der Waals surface area (Å²) in [6, 6.07) is 0. The lowest BCUT2D eigenvalue weighted by Gasteiger charge is -2.09. The second-order valence-electron chi connectivity index (χ2n) is 4.11. The van der Waals surface area contributed by atoms with Gasteiger partial charge in [-0.3, -0.25) is 4.98 Å². The van der Waals surface area contributed by atoms with Gasteiger partial charge in [0.1, 0.15) is 5.82 Å². The summed E-state index contributed by atoms with van der Waals surface area (Å²) in [5.41, 5.74) is 3.33. The van der Waals surface area contributed by atoms with Gasteiger partial charge < -0.3 is 9.99 Å². The molecule has 2 aromatic rings. The van der Waals surface area contributed by atoms with E-state index in [2.05, 4.69) is 38.8 Å². The van der Waals surface area contributed by atoms with Gasteiger partial charge in [0.05, 0.1) is 24.6 Å². The van der Waals surface area contributed by atoms with E-state index in [9.17, 15) is 0 Å². The molecule has 0 saturated heterocycles. The number of anilines is 1. The molecule has 0 bridgehead atoms. The van der Waals surface area contributed by atoms with Gasteiger partial charge in [0.15, 0.2) is 5.82 Å². The smallest absolute Gasteiger partial charge is 0.158 e. The molecule has 0 aliphatic rings. The van der Waals surface area contributed by atoms with Gasteiger partial charge in [0.25, 0.3) is 0 Å². The van der Waals surface area contributed by atoms with Crippen LogP contribution in [0.3, 0.4) is 0 Å². The Balaban J connectivity index is 2.16. The lowest BCUT2D eigenvalue weighted by Crippen LogP contribution is -2.11. The Kier molecular flexibility index (Phi) is 3.34. The molecule has 0 aromatic carbocycles. The van der Waals surface area contributed by atoms with Crippen molar-refractivity contribution in [1.29, 1.82) is 0 Å². The van der Waals surface area contributed by atoms with E-state index in [0.717, 1.165) is 11.5 Å². The molecule has 0 amide bonds. The maximum absolute atomic E-state index is 5.23. The van der Waals surface area contributed by atoms with Crippen molar-refractivity contribution in [3.8, 4) is 0 Å². The molecule has 2 aromatic heterocycles. The molecule has 0 aliphatic heterocycles. The summed E-state index contributed by atoms with van der Waals surface area (Å²) in [4.78, 5) is 12.7. The van der Waals surface area contributed by atoms with Crippen molar-refractivity contribution in [1.82, 2.24) is 19.5 Å². The number of hydrogen-bond donors (Lipinski definition) is 2. The Bertz CT molecular complexity index is 473. The third-order valence-electron chi connectivity index (χ3n) is 2.45. The highest BCUT2D eigenvalue weighted by Gasteiger charge is 2.08. The predicted molar refractivity (Wildman–Crippen MR) is 65.3 cm³/mol. The van der Waals surface area contributed by atoms with Crippen LogP contribution in [0.15, 0.2) is 24.8 Å². The second-order valence-corrected chi connectivity index (χ2v) is 4.11. The topological polar surface area (TPSA) is 81.7 Å². The van der Waals surface area contributed by atoms with Gasteiger partial charge in [-0.05, 0) is 0 Å². The zero-order valence-electron chi connectivity index (χ0n) is 9.96. The molecule has 0 saturated carbocycles. The minimum atomic E-state index is 0.392.